The third-order valence-corrected chi connectivity index (χ3v) is 1.65. The minimum absolute atomic E-state index is 0.0430. The zero-order valence-electron chi connectivity index (χ0n) is 8.27. The number of amides is 1. The number of hydrogen-bond donors (Lipinski definition) is 2. The first-order valence-corrected chi connectivity index (χ1v) is 4.52. The van der Waals surface area contributed by atoms with Gasteiger partial charge in [0, 0.05) is 6.54 Å². The molecule has 0 aliphatic carbocycles. The van der Waals surface area contributed by atoms with E-state index in [4.69, 9.17) is 9.84 Å². The van der Waals surface area contributed by atoms with E-state index in [-0.39, 0.29) is 18.3 Å². The third kappa shape index (κ3) is 4.17. The molecular weight excluding hydrogens is 194 g/mol. The Balaban J connectivity index is 2.33. The SMILES string of the molecule is C=CCNC(=O)COc1ccc(O)cc1. The number of ether oxygens (including phenoxy) is 1. The van der Waals surface area contributed by atoms with Crippen LogP contribution in [-0.2, 0) is 4.79 Å². The smallest absolute Gasteiger partial charge is 0.258 e. The summed E-state index contributed by atoms with van der Waals surface area (Å²) in [6.07, 6.45) is 1.60. The fourth-order valence-electron chi connectivity index (χ4n) is 0.928. The van der Waals surface area contributed by atoms with Gasteiger partial charge < -0.3 is 15.2 Å². The summed E-state index contributed by atoms with van der Waals surface area (Å²) in [7, 11) is 0. The number of carbonyl (C=O) groups is 1. The molecule has 0 aliphatic rings. The summed E-state index contributed by atoms with van der Waals surface area (Å²) >= 11 is 0. The molecule has 0 saturated heterocycles. The van der Waals surface area contributed by atoms with Crippen molar-refractivity contribution in [1.82, 2.24) is 5.32 Å². The molecule has 0 bridgehead atoms. The quantitative estimate of drug-likeness (QED) is 0.710. The van der Waals surface area contributed by atoms with Gasteiger partial charge in [-0.1, -0.05) is 6.08 Å². The van der Waals surface area contributed by atoms with Crippen LogP contribution in [0.4, 0.5) is 0 Å². The molecule has 0 aliphatic heterocycles. The molecule has 0 fully saturated rings. The van der Waals surface area contributed by atoms with E-state index in [0.717, 1.165) is 0 Å². The van der Waals surface area contributed by atoms with Gasteiger partial charge in [-0.25, -0.2) is 0 Å². The van der Waals surface area contributed by atoms with Crippen molar-refractivity contribution in [3.8, 4) is 11.5 Å². The van der Waals surface area contributed by atoms with Crippen LogP contribution in [0.2, 0.25) is 0 Å². The van der Waals surface area contributed by atoms with Gasteiger partial charge in [0.25, 0.3) is 5.91 Å². The number of rotatable bonds is 5. The molecular formula is C11H13NO3. The van der Waals surface area contributed by atoms with Crippen molar-refractivity contribution in [2.75, 3.05) is 13.2 Å². The van der Waals surface area contributed by atoms with Gasteiger partial charge in [0.05, 0.1) is 0 Å². The number of hydrogen-bond acceptors (Lipinski definition) is 3. The summed E-state index contributed by atoms with van der Waals surface area (Å²) in [5.74, 6) is 0.503. The molecule has 4 heteroatoms. The van der Waals surface area contributed by atoms with Gasteiger partial charge in [0.15, 0.2) is 6.61 Å². The van der Waals surface area contributed by atoms with E-state index in [9.17, 15) is 4.79 Å². The van der Waals surface area contributed by atoms with Crippen molar-refractivity contribution in [2.24, 2.45) is 0 Å². The largest absolute Gasteiger partial charge is 0.508 e. The minimum atomic E-state index is -0.206. The van der Waals surface area contributed by atoms with E-state index >= 15 is 0 Å². The maximum absolute atomic E-state index is 11.1. The summed E-state index contributed by atoms with van der Waals surface area (Å²) < 4.78 is 5.16. The molecule has 0 atom stereocenters. The lowest BCUT2D eigenvalue weighted by molar-refractivity contribution is -0.122. The van der Waals surface area contributed by atoms with E-state index in [0.29, 0.717) is 12.3 Å². The van der Waals surface area contributed by atoms with E-state index in [1.165, 1.54) is 12.1 Å². The van der Waals surface area contributed by atoms with E-state index in [2.05, 4.69) is 11.9 Å². The fraction of sp³-hybridized carbons (Fsp3) is 0.182. The lowest BCUT2D eigenvalue weighted by Crippen LogP contribution is -2.28. The minimum Gasteiger partial charge on any atom is -0.508 e. The van der Waals surface area contributed by atoms with Crippen LogP contribution in [0.5, 0.6) is 11.5 Å². The fourth-order valence-corrected chi connectivity index (χ4v) is 0.928. The van der Waals surface area contributed by atoms with Gasteiger partial charge in [-0.2, -0.15) is 0 Å². The second kappa shape index (κ2) is 5.70. The van der Waals surface area contributed by atoms with Gasteiger partial charge in [0.1, 0.15) is 11.5 Å². The Morgan fingerprint density at radius 2 is 2.13 bits per heavy atom. The average Bonchev–Trinajstić information content (AvgIpc) is 2.25. The van der Waals surface area contributed by atoms with Crippen molar-refractivity contribution in [2.45, 2.75) is 0 Å². The van der Waals surface area contributed by atoms with Gasteiger partial charge in [-0.3, -0.25) is 4.79 Å². The lowest BCUT2D eigenvalue weighted by atomic mass is 10.3. The molecule has 0 aromatic heterocycles. The van der Waals surface area contributed by atoms with Crippen molar-refractivity contribution >= 4 is 5.91 Å². The van der Waals surface area contributed by atoms with Gasteiger partial charge in [-0.05, 0) is 24.3 Å². The predicted octanol–water partition coefficient (Wildman–Crippen LogP) is 1.07. The van der Waals surface area contributed by atoms with Crippen molar-refractivity contribution in [3.63, 3.8) is 0 Å². The molecule has 0 spiro atoms. The van der Waals surface area contributed by atoms with Crippen LogP contribution in [0.15, 0.2) is 36.9 Å². The number of aromatic hydroxyl groups is 1. The third-order valence-electron chi connectivity index (χ3n) is 1.65. The molecule has 4 nitrogen and oxygen atoms in total. The van der Waals surface area contributed by atoms with Crippen LogP contribution in [0.25, 0.3) is 0 Å². The monoisotopic (exact) mass is 207 g/mol. The number of phenols is 1. The Labute approximate surface area is 88.2 Å². The van der Waals surface area contributed by atoms with E-state index < -0.39 is 0 Å². The molecule has 0 heterocycles. The van der Waals surface area contributed by atoms with Crippen LogP contribution in [0, 0.1) is 0 Å². The second-order valence-electron chi connectivity index (χ2n) is 2.88. The summed E-state index contributed by atoms with van der Waals surface area (Å²) in [6, 6.07) is 6.18. The maximum atomic E-state index is 11.1. The summed E-state index contributed by atoms with van der Waals surface area (Å²) in [4.78, 5) is 11.1. The Kier molecular flexibility index (Phi) is 4.22. The molecule has 15 heavy (non-hydrogen) atoms. The molecule has 80 valence electrons. The number of phenolic OH excluding ortho intramolecular Hbond substituents is 1. The van der Waals surface area contributed by atoms with Crippen LogP contribution >= 0.6 is 0 Å². The molecule has 1 aromatic carbocycles. The molecule has 1 aromatic rings. The zero-order chi connectivity index (χ0) is 11.1. The Hall–Kier alpha value is -1.97. The Morgan fingerprint density at radius 1 is 1.47 bits per heavy atom. The predicted molar refractivity (Wildman–Crippen MR) is 56.8 cm³/mol. The normalized spacial score (nSPS) is 9.33. The number of nitrogens with one attached hydrogen (secondary N) is 1. The first-order valence-electron chi connectivity index (χ1n) is 4.52. The standard InChI is InChI=1S/C11H13NO3/c1-2-7-12-11(14)8-15-10-5-3-9(13)4-6-10/h2-6,13H,1,7-8H2,(H,12,14). The van der Waals surface area contributed by atoms with Crippen LogP contribution < -0.4 is 10.1 Å². The maximum Gasteiger partial charge on any atom is 0.258 e. The van der Waals surface area contributed by atoms with Gasteiger partial charge >= 0.3 is 0 Å². The zero-order valence-corrected chi connectivity index (χ0v) is 8.27. The summed E-state index contributed by atoms with van der Waals surface area (Å²) in [6.45, 7) is 3.86. The summed E-state index contributed by atoms with van der Waals surface area (Å²) in [5, 5.41) is 11.6. The highest BCUT2D eigenvalue weighted by Crippen LogP contribution is 2.15. The highest BCUT2D eigenvalue weighted by Gasteiger charge is 2.00. The highest BCUT2D eigenvalue weighted by molar-refractivity contribution is 5.77. The van der Waals surface area contributed by atoms with Crippen LogP contribution in [0.1, 0.15) is 0 Å². The van der Waals surface area contributed by atoms with Crippen LogP contribution in [-0.4, -0.2) is 24.2 Å². The van der Waals surface area contributed by atoms with Crippen molar-refractivity contribution in [3.05, 3.63) is 36.9 Å². The van der Waals surface area contributed by atoms with Crippen molar-refractivity contribution < 1.29 is 14.6 Å². The number of benzene rings is 1. The van der Waals surface area contributed by atoms with Crippen molar-refractivity contribution in [1.29, 1.82) is 0 Å². The highest BCUT2D eigenvalue weighted by atomic mass is 16.5. The molecule has 1 rings (SSSR count). The first-order chi connectivity index (χ1) is 7.22. The molecule has 0 saturated carbocycles. The average molecular weight is 207 g/mol. The number of carbonyl (C=O) groups excluding carboxylic acids is 1. The lowest BCUT2D eigenvalue weighted by Gasteiger charge is -2.05. The second-order valence-corrected chi connectivity index (χ2v) is 2.88. The Morgan fingerprint density at radius 3 is 2.73 bits per heavy atom. The molecule has 2 N–H and O–H groups in total. The van der Waals surface area contributed by atoms with E-state index in [1.807, 2.05) is 0 Å². The molecule has 1 amide bonds. The molecule has 0 radical (unpaired) electrons. The summed E-state index contributed by atoms with van der Waals surface area (Å²) in [5.41, 5.74) is 0. The Bertz CT molecular complexity index is 332. The first kappa shape index (κ1) is 11.1. The topological polar surface area (TPSA) is 58.6 Å². The van der Waals surface area contributed by atoms with E-state index in [1.54, 1.807) is 18.2 Å². The molecule has 0 unspecified atom stereocenters. The van der Waals surface area contributed by atoms with Gasteiger partial charge in [-0.15, -0.1) is 6.58 Å². The van der Waals surface area contributed by atoms with Crippen LogP contribution in [0.3, 0.4) is 0 Å². The van der Waals surface area contributed by atoms with Gasteiger partial charge in [0.2, 0.25) is 0 Å².